The van der Waals surface area contributed by atoms with Crippen LogP contribution in [-0.4, -0.2) is 43.6 Å². The number of carbonyl (C=O) groups is 1. The van der Waals surface area contributed by atoms with Crippen molar-refractivity contribution in [2.24, 2.45) is 0 Å². The van der Waals surface area contributed by atoms with E-state index in [0.717, 1.165) is 22.9 Å². The minimum Gasteiger partial charge on any atom is -0.491 e. The number of likely N-dealkylation sites (N-methyl/N-ethyl adjacent to an activating group) is 1. The quantitative estimate of drug-likeness (QED) is 0.517. The Hall–Kier alpha value is -3.52. The maximum Gasteiger partial charge on any atom is 0.256 e. The van der Waals surface area contributed by atoms with E-state index in [0.29, 0.717) is 43.0 Å². The molecule has 2 aromatic carbocycles. The van der Waals surface area contributed by atoms with E-state index < -0.39 is 17.7 Å². The molecule has 1 aromatic heterocycles. The van der Waals surface area contributed by atoms with Crippen molar-refractivity contribution in [1.29, 1.82) is 0 Å². The zero-order valence-corrected chi connectivity index (χ0v) is 20.1. The maximum absolute atomic E-state index is 14.5. The molecule has 8 heteroatoms. The van der Waals surface area contributed by atoms with Gasteiger partial charge >= 0.3 is 0 Å². The smallest absolute Gasteiger partial charge is 0.256 e. The summed E-state index contributed by atoms with van der Waals surface area (Å²) < 4.78 is 38.8. The van der Waals surface area contributed by atoms with E-state index in [-0.39, 0.29) is 11.9 Å². The first kappa shape index (κ1) is 24.6. The van der Waals surface area contributed by atoms with Crippen molar-refractivity contribution >= 4 is 5.91 Å². The first-order chi connectivity index (χ1) is 17.0. The van der Waals surface area contributed by atoms with Crippen molar-refractivity contribution in [3.8, 4) is 11.6 Å². The lowest BCUT2D eigenvalue weighted by molar-refractivity contribution is -0.127. The third kappa shape index (κ3) is 5.12. The summed E-state index contributed by atoms with van der Waals surface area (Å²) in [4.78, 5) is 19.9. The maximum atomic E-state index is 14.5. The van der Waals surface area contributed by atoms with Gasteiger partial charge in [-0.25, -0.2) is 13.8 Å². The number of hydrogen-bond donors (Lipinski definition) is 1. The van der Waals surface area contributed by atoms with E-state index in [1.807, 2.05) is 36.4 Å². The van der Waals surface area contributed by atoms with Crippen LogP contribution in [0.15, 0.2) is 54.6 Å². The summed E-state index contributed by atoms with van der Waals surface area (Å²) in [7, 11) is 4.71. The molecule has 0 spiro atoms. The largest absolute Gasteiger partial charge is 0.491 e. The third-order valence-electron chi connectivity index (χ3n) is 6.49. The molecule has 0 saturated carbocycles. The number of ether oxygens (including phenoxy) is 2. The molecule has 184 valence electrons. The number of methoxy groups -OCH3 is 2. The Morgan fingerprint density at radius 3 is 2.57 bits per heavy atom. The second kappa shape index (κ2) is 10.8. The molecule has 2 unspecified atom stereocenters. The zero-order valence-electron chi connectivity index (χ0n) is 20.1. The predicted molar refractivity (Wildman–Crippen MR) is 128 cm³/mol. The van der Waals surface area contributed by atoms with Crippen molar-refractivity contribution in [3.63, 3.8) is 0 Å². The molecule has 6 nitrogen and oxygen atoms in total. The van der Waals surface area contributed by atoms with E-state index >= 15 is 0 Å². The van der Waals surface area contributed by atoms with Gasteiger partial charge in [0.15, 0.2) is 5.75 Å². The molecule has 2 heterocycles. The predicted octanol–water partition coefficient (Wildman–Crippen LogP) is 4.40. The molecule has 3 aromatic rings. The minimum atomic E-state index is -0.610. The van der Waals surface area contributed by atoms with Gasteiger partial charge in [-0.1, -0.05) is 36.4 Å². The Morgan fingerprint density at radius 1 is 1.14 bits per heavy atom. The van der Waals surface area contributed by atoms with Gasteiger partial charge in [-0.2, -0.15) is 0 Å². The lowest BCUT2D eigenvalue weighted by atomic mass is 9.88. The summed E-state index contributed by atoms with van der Waals surface area (Å²) in [5.41, 5.74) is 3.04. The van der Waals surface area contributed by atoms with E-state index in [2.05, 4.69) is 15.2 Å². The summed E-state index contributed by atoms with van der Waals surface area (Å²) in [6, 6.07) is 14.3. The van der Waals surface area contributed by atoms with Crippen molar-refractivity contribution in [2.45, 2.75) is 31.3 Å². The van der Waals surface area contributed by atoms with Crippen LogP contribution in [0.25, 0.3) is 0 Å². The molecule has 0 aliphatic carbocycles. The van der Waals surface area contributed by atoms with Crippen LogP contribution in [0.1, 0.15) is 40.9 Å². The molecular formula is C27H29F2N3O3. The molecule has 0 radical (unpaired) electrons. The molecule has 35 heavy (non-hydrogen) atoms. The number of amides is 1. The lowest BCUT2D eigenvalue weighted by Gasteiger charge is -2.41. The molecule has 1 N–H and O–H groups in total. The average Bonchev–Trinajstić information content (AvgIpc) is 2.88. The number of nitrogens with one attached hydrogen (secondary N) is 1. The molecular weight excluding hydrogens is 452 g/mol. The Balaban J connectivity index is 1.78. The number of halogens is 2. The van der Waals surface area contributed by atoms with E-state index in [1.54, 1.807) is 14.2 Å². The van der Waals surface area contributed by atoms with Crippen LogP contribution in [0.2, 0.25) is 0 Å². The van der Waals surface area contributed by atoms with Gasteiger partial charge in [-0.15, -0.1) is 0 Å². The molecule has 1 amide bonds. The van der Waals surface area contributed by atoms with E-state index in [1.165, 1.54) is 19.2 Å². The summed E-state index contributed by atoms with van der Waals surface area (Å²) in [5, 5.41) is 2.79. The molecule has 1 aliphatic heterocycles. The Bertz CT molecular complexity index is 1190. The molecule has 0 fully saturated rings. The highest BCUT2D eigenvalue weighted by molar-refractivity contribution is 5.83. The average molecular weight is 482 g/mol. The zero-order chi connectivity index (χ0) is 24.9. The topological polar surface area (TPSA) is 63.7 Å². The second-order valence-electron chi connectivity index (χ2n) is 8.44. The van der Waals surface area contributed by atoms with Gasteiger partial charge in [0.25, 0.3) is 5.88 Å². The number of pyridine rings is 1. The van der Waals surface area contributed by atoms with Crippen molar-refractivity contribution < 1.29 is 23.0 Å². The van der Waals surface area contributed by atoms with E-state index in [9.17, 15) is 13.6 Å². The summed E-state index contributed by atoms with van der Waals surface area (Å²) >= 11 is 0. The monoisotopic (exact) mass is 481 g/mol. The van der Waals surface area contributed by atoms with Crippen LogP contribution in [0.5, 0.6) is 11.6 Å². The normalized spacial score (nSPS) is 16.3. The highest BCUT2D eigenvalue weighted by Crippen LogP contribution is 2.41. The second-order valence-corrected chi connectivity index (χ2v) is 8.44. The number of benzene rings is 2. The van der Waals surface area contributed by atoms with Crippen LogP contribution in [0, 0.1) is 11.6 Å². The van der Waals surface area contributed by atoms with Gasteiger partial charge in [0.2, 0.25) is 5.91 Å². The molecule has 0 bridgehead atoms. The van der Waals surface area contributed by atoms with Gasteiger partial charge < -0.3 is 14.8 Å². The van der Waals surface area contributed by atoms with E-state index in [4.69, 9.17) is 9.47 Å². The van der Waals surface area contributed by atoms with Gasteiger partial charge in [0.05, 0.1) is 19.9 Å². The lowest BCUT2D eigenvalue weighted by Crippen LogP contribution is -2.45. The third-order valence-corrected chi connectivity index (χ3v) is 6.49. The van der Waals surface area contributed by atoms with Gasteiger partial charge in [-0.3, -0.25) is 9.69 Å². The molecule has 0 saturated heterocycles. The van der Waals surface area contributed by atoms with Gasteiger partial charge in [0, 0.05) is 32.1 Å². The summed E-state index contributed by atoms with van der Waals surface area (Å²) in [6.45, 7) is 0.568. The van der Waals surface area contributed by atoms with Crippen molar-refractivity contribution in [3.05, 3.63) is 88.6 Å². The number of aromatic nitrogens is 1. The highest BCUT2D eigenvalue weighted by Gasteiger charge is 2.37. The SMILES string of the molecule is CNC(=O)C(c1ccccc1)N1CCc2nc(OC)c(OC)cc2C1CCc1ccc(F)cc1F. The fraction of sp³-hybridized carbons (Fsp3) is 0.333. The summed E-state index contributed by atoms with van der Waals surface area (Å²) in [5.74, 6) is -0.438. The number of carbonyl (C=O) groups excluding carboxylic acids is 1. The van der Waals surface area contributed by atoms with Gasteiger partial charge in [0.1, 0.15) is 17.7 Å². The number of aryl methyl sites for hydroxylation is 1. The fourth-order valence-corrected chi connectivity index (χ4v) is 4.79. The van der Waals surface area contributed by atoms with Crippen LogP contribution in [0.3, 0.4) is 0 Å². The molecule has 1 aliphatic rings. The summed E-state index contributed by atoms with van der Waals surface area (Å²) in [6.07, 6.45) is 1.46. The molecule has 2 atom stereocenters. The Kier molecular flexibility index (Phi) is 7.60. The van der Waals surface area contributed by atoms with Gasteiger partial charge in [-0.05, 0) is 41.7 Å². The van der Waals surface area contributed by atoms with Crippen LogP contribution >= 0.6 is 0 Å². The minimum absolute atomic E-state index is 0.133. The fourth-order valence-electron chi connectivity index (χ4n) is 4.79. The molecule has 4 rings (SSSR count). The Labute approximate surface area is 203 Å². The highest BCUT2D eigenvalue weighted by atomic mass is 19.1. The van der Waals surface area contributed by atoms with Crippen molar-refractivity contribution in [2.75, 3.05) is 27.8 Å². The van der Waals surface area contributed by atoms with Crippen molar-refractivity contribution in [1.82, 2.24) is 15.2 Å². The number of nitrogens with zero attached hydrogens (tertiary/aromatic N) is 2. The number of hydrogen-bond acceptors (Lipinski definition) is 5. The van der Waals surface area contributed by atoms with Crippen LogP contribution < -0.4 is 14.8 Å². The standard InChI is InChI=1S/C27H29F2N3O3/c1-30-26(33)25(18-7-5-4-6-8-18)32-14-13-22-20(16-24(34-2)27(31-22)35-3)23(32)12-10-17-9-11-19(28)15-21(17)29/h4-9,11,15-16,23,25H,10,12-14H2,1-3H3,(H,30,33). The number of fused-ring (bicyclic) bond motifs is 1. The van der Waals surface area contributed by atoms with Crippen LogP contribution in [0.4, 0.5) is 8.78 Å². The van der Waals surface area contributed by atoms with Crippen LogP contribution in [-0.2, 0) is 17.6 Å². The number of rotatable bonds is 8. The Morgan fingerprint density at radius 2 is 1.91 bits per heavy atom. The first-order valence-electron chi connectivity index (χ1n) is 11.5. The first-order valence-corrected chi connectivity index (χ1v) is 11.5.